The molecule has 0 atom stereocenters. The Kier molecular flexibility index (Phi) is 5.21. The molecule has 0 aliphatic rings. The molecule has 4 nitrogen and oxygen atoms in total. The van der Waals surface area contributed by atoms with E-state index in [1.54, 1.807) is 0 Å². The van der Waals surface area contributed by atoms with Gasteiger partial charge in [-0.25, -0.2) is 8.42 Å². The van der Waals surface area contributed by atoms with Gasteiger partial charge in [-0.3, -0.25) is 4.79 Å². The highest BCUT2D eigenvalue weighted by molar-refractivity contribution is 7.95. The lowest BCUT2D eigenvalue weighted by Crippen LogP contribution is -2.12. The van der Waals surface area contributed by atoms with Gasteiger partial charge < -0.3 is 5.73 Å². The summed E-state index contributed by atoms with van der Waals surface area (Å²) in [5.74, 6) is -0.608. The Hall–Kier alpha value is -1.85. The maximum Gasteiger partial charge on any atom is 0.248 e. The minimum absolute atomic E-state index is 0.0514. The Morgan fingerprint density at radius 2 is 1.59 bits per heavy atom. The van der Waals surface area contributed by atoms with Gasteiger partial charge in [0.05, 0.1) is 4.90 Å². The van der Waals surface area contributed by atoms with E-state index in [1.807, 2.05) is 30.3 Å². The van der Waals surface area contributed by atoms with Crippen LogP contribution in [0, 0.1) is 4.71 Å². The zero-order valence-electron chi connectivity index (χ0n) is 11.7. The van der Waals surface area contributed by atoms with Crippen LogP contribution >= 0.6 is 11.6 Å². The van der Waals surface area contributed by atoms with Crippen molar-refractivity contribution in [1.82, 2.24) is 0 Å². The summed E-state index contributed by atoms with van der Waals surface area (Å²) in [4.78, 5) is 11.0. The first-order valence-electron chi connectivity index (χ1n) is 6.61. The highest BCUT2D eigenvalue weighted by Crippen LogP contribution is 2.29. The topological polar surface area (TPSA) is 77.2 Å². The molecule has 0 aliphatic carbocycles. The van der Waals surface area contributed by atoms with Gasteiger partial charge in [-0.2, -0.15) is 0 Å². The van der Waals surface area contributed by atoms with E-state index < -0.39 is 15.7 Å². The Morgan fingerprint density at radius 1 is 1.00 bits per heavy atom. The van der Waals surface area contributed by atoms with E-state index >= 15 is 0 Å². The van der Waals surface area contributed by atoms with Crippen molar-refractivity contribution in [3.8, 4) is 0 Å². The number of primary amides is 1. The molecule has 1 radical (unpaired) electrons. The van der Waals surface area contributed by atoms with Gasteiger partial charge in [0.2, 0.25) is 15.7 Å². The fourth-order valence-corrected chi connectivity index (χ4v) is 3.43. The van der Waals surface area contributed by atoms with E-state index in [0.717, 1.165) is 5.56 Å². The van der Waals surface area contributed by atoms with Crippen LogP contribution < -0.4 is 5.73 Å². The summed E-state index contributed by atoms with van der Waals surface area (Å²) in [6.07, 6.45) is 0.768. The van der Waals surface area contributed by atoms with Gasteiger partial charge in [-0.15, -0.1) is 0 Å². The van der Waals surface area contributed by atoms with Gasteiger partial charge >= 0.3 is 0 Å². The molecule has 0 spiro atoms. The highest BCUT2D eigenvalue weighted by Gasteiger charge is 2.26. The van der Waals surface area contributed by atoms with Gasteiger partial charge in [0.25, 0.3) is 0 Å². The summed E-state index contributed by atoms with van der Waals surface area (Å²) in [5, 5.41) is 0. The molecular formula is C16H15ClNO3S. The molecule has 0 heterocycles. The molecule has 22 heavy (non-hydrogen) atoms. The maximum atomic E-state index is 12.3. The molecule has 0 saturated carbocycles. The zero-order valence-corrected chi connectivity index (χ0v) is 13.3. The molecule has 2 aromatic carbocycles. The third kappa shape index (κ3) is 3.87. The predicted octanol–water partition coefficient (Wildman–Crippen LogP) is 2.92. The molecule has 0 fully saturated rings. The van der Waals surface area contributed by atoms with Gasteiger partial charge in [0.15, 0.2) is 4.71 Å². The van der Waals surface area contributed by atoms with Gasteiger partial charge in [-0.1, -0.05) is 41.9 Å². The molecule has 6 heteroatoms. The molecule has 0 unspecified atom stereocenters. The molecule has 0 bridgehead atoms. The van der Waals surface area contributed by atoms with Crippen LogP contribution in [0.3, 0.4) is 0 Å². The molecule has 2 aromatic rings. The Labute approximate surface area is 134 Å². The number of halogens is 1. The molecule has 0 saturated heterocycles. The number of sulfone groups is 1. The lowest BCUT2D eigenvalue weighted by molar-refractivity contribution is 0.1000. The van der Waals surface area contributed by atoms with Crippen molar-refractivity contribution in [2.24, 2.45) is 5.73 Å². The molecule has 0 aromatic heterocycles. The van der Waals surface area contributed by atoms with Crippen molar-refractivity contribution in [3.63, 3.8) is 0 Å². The highest BCUT2D eigenvalue weighted by atomic mass is 35.5. The van der Waals surface area contributed by atoms with Crippen LogP contribution in [0.15, 0.2) is 59.5 Å². The van der Waals surface area contributed by atoms with Crippen LogP contribution in [0.5, 0.6) is 0 Å². The summed E-state index contributed by atoms with van der Waals surface area (Å²) in [6.45, 7) is 0. The number of amides is 1. The quantitative estimate of drug-likeness (QED) is 0.881. The maximum absolute atomic E-state index is 12.3. The normalized spacial score (nSPS) is 11.5. The Balaban J connectivity index is 2.10. The lowest BCUT2D eigenvalue weighted by Gasteiger charge is -2.10. The number of hydrogen-bond acceptors (Lipinski definition) is 3. The van der Waals surface area contributed by atoms with E-state index in [1.165, 1.54) is 24.3 Å². The van der Waals surface area contributed by atoms with E-state index in [2.05, 4.69) is 0 Å². The molecule has 2 rings (SSSR count). The molecular weight excluding hydrogens is 322 g/mol. The third-order valence-corrected chi connectivity index (χ3v) is 5.67. The van der Waals surface area contributed by atoms with Crippen molar-refractivity contribution >= 4 is 27.3 Å². The van der Waals surface area contributed by atoms with Crippen LogP contribution in [-0.4, -0.2) is 14.3 Å². The zero-order chi connectivity index (χ0) is 16.2. The van der Waals surface area contributed by atoms with E-state index in [0.29, 0.717) is 6.42 Å². The van der Waals surface area contributed by atoms with Crippen molar-refractivity contribution in [1.29, 1.82) is 0 Å². The number of hydrogen-bond donors (Lipinski definition) is 1. The van der Waals surface area contributed by atoms with Gasteiger partial charge in [0.1, 0.15) is 0 Å². The Bertz CT molecular complexity index is 743. The van der Waals surface area contributed by atoms with Crippen LogP contribution in [0.1, 0.15) is 22.3 Å². The minimum Gasteiger partial charge on any atom is -0.366 e. The fourth-order valence-electron chi connectivity index (χ4n) is 1.95. The number of aryl methyl sites for hydroxylation is 1. The van der Waals surface area contributed by atoms with Crippen molar-refractivity contribution in [2.45, 2.75) is 17.7 Å². The van der Waals surface area contributed by atoms with Crippen LogP contribution in [-0.2, 0) is 16.3 Å². The second-order valence-corrected chi connectivity index (χ2v) is 7.38. The van der Waals surface area contributed by atoms with Crippen molar-refractivity contribution in [2.75, 3.05) is 0 Å². The lowest BCUT2D eigenvalue weighted by atomic mass is 10.1. The number of benzene rings is 2. The summed E-state index contributed by atoms with van der Waals surface area (Å²) in [7, 11) is -3.72. The largest absolute Gasteiger partial charge is 0.366 e. The van der Waals surface area contributed by atoms with Crippen LogP contribution in [0.4, 0.5) is 0 Å². The molecule has 2 N–H and O–H groups in total. The second-order valence-electron chi connectivity index (χ2n) is 4.73. The minimum atomic E-state index is -3.72. The summed E-state index contributed by atoms with van der Waals surface area (Å²) >= 11 is 6.00. The summed E-state index contributed by atoms with van der Waals surface area (Å²) in [6, 6.07) is 14.9. The third-order valence-electron chi connectivity index (χ3n) is 3.19. The Morgan fingerprint density at radius 3 is 2.14 bits per heavy atom. The first-order chi connectivity index (χ1) is 10.4. The molecule has 0 aliphatic heterocycles. The first kappa shape index (κ1) is 16.5. The summed E-state index contributed by atoms with van der Waals surface area (Å²) in [5.41, 5.74) is 6.39. The van der Waals surface area contributed by atoms with Gasteiger partial charge in [0, 0.05) is 5.56 Å². The van der Waals surface area contributed by atoms with E-state index in [4.69, 9.17) is 17.3 Å². The molecule has 115 valence electrons. The average molecular weight is 337 g/mol. The van der Waals surface area contributed by atoms with Gasteiger partial charge in [-0.05, 0) is 42.7 Å². The monoisotopic (exact) mass is 336 g/mol. The van der Waals surface area contributed by atoms with Crippen molar-refractivity contribution < 1.29 is 13.2 Å². The predicted molar refractivity (Wildman–Crippen MR) is 86.0 cm³/mol. The number of rotatable bonds is 6. The average Bonchev–Trinajstić information content (AvgIpc) is 2.53. The SMILES string of the molecule is NC(=O)c1ccc(S(=O)(=O)[C](Cl)CCc2ccccc2)cc1. The number of nitrogens with two attached hydrogens (primary N) is 1. The number of carbonyl (C=O) groups is 1. The number of carbonyl (C=O) groups excluding carboxylic acids is 1. The van der Waals surface area contributed by atoms with Crippen molar-refractivity contribution in [3.05, 3.63) is 70.4 Å². The van der Waals surface area contributed by atoms with E-state index in [9.17, 15) is 13.2 Å². The van der Waals surface area contributed by atoms with E-state index in [-0.39, 0.29) is 21.6 Å². The smallest absolute Gasteiger partial charge is 0.248 e. The standard InChI is InChI=1S/C16H15ClNO3S/c17-15(11-6-12-4-2-1-3-5-12)22(20,21)14-9-7-13(8-10-14)16(18)19/h1-5,7-10H,6,11H2,(H2,18,19). The van der Waals surface area contributed by atoms with Crippen LogP contribution in [0.25, 0.3) is 0 Å². The first-order valence-corrected chi connectivity index (χ1v) is 8.47. The second kappa shape index (κ2) is 6.94. The van der Waals surface area contributed by atoms with Crippen LogP contribution in [0.2, 0.25) is 0 Å². The molecule has 1 amide bonds. The fraction of sp³-hybridized carbons (Fsp3) is 0.125. The summed E-state index contributed by atoms with van der Waals surface area (Å²) < 4.78 is 24.6.